The van der Waals surface area contributed by atoms with Crippen molar-refractivity contribution in [1.29, 1.82) is 0 Å². The third kappa shape index (κ3) is 7.73. The first kappa shape index (κ1) is 20.2. The monoisotopic (exact) mass is 369 g/mol. The number of unbranched alkanes of at least 4 members (excludes halogenated alkanes) is 2. The number of esters is 1. The molecule has 2 aromatic rings. The summed E-state index contributed by atoms with van der Waals surface area (Å²) in [4.78, 5) is 26.8. The van der Waals surface area contributed by atoms with Crippen LogP contribution in [0.4, 0.5) is 10.5 Å². The molecule has 0 fully saturated rings. The molecule has 0 unspecified atom stereocenters. The van der Waals surface area contributed by atoms with Crippen LogP contribution in [0.2, 0.25) is 0 Å². The minimum absolute atomic E-state index is 0.358. The quantitative estimate of drug-likeness (QED) is 0.214. The predicted octanol–water partition coefficient (Wildman–Crippen LogP) is 5.07. The van der Waals surface area contributed by atoms with Crippen molar-refractivity contribution in [3.63, 3.8) is 0 Å². The molecule has 27 heavy (non-hydrogen) atoms. The van der Waals surface area contributed by atoms with Gasteiger partial charge in [0.25, 0.3) is 0 Å². The molecule has 6 nitrogen and oxygen atoms in total. The maximum Gasteiger partial charge on any atom is 0.513 e. The normalized spacial score (nSPS) is 10.6. The fraction of sp³-hybridized carbons (Fsp3) is 0.286. The molecule has 2 aromatic carbocycles. The van der Waals surface area contributed by atoms with Crippen LogP contribution in [0.1, 0.15) is 38.7 Å². The van der Waals surface area contributed by atoms with Crippen molar-refractivity contribution in [2.24, 2.45) is 4.99 Å². The van der Waals surface area contributed by atoms with Crippen LogP contribution in [0.5, 0.6) is 11.5 Å². The summed E-state index contributed by atoms with van der Waals surface area (Å²) in [6.07, 6.45) is 3.91. The minimum atomic E-state index is -0.699. The van der Waals surface area contributed by atoms with Gasteiger partial charge in [-0.25, -0.2) is 4.79 Å². The Balaban J connectivity index is 1.85. The van der Waals surface area contributed by atoms with Crippen LogP contribution in [-0.2, 0) is 9.53 Å². The number of carbonyl (C=O) groups is 2. The van der Waals surface area contributed by atoms with Gasteiger partial charge in [0.15, 0.2) is 0 Å². The first-order valence-electron chi connectivity index (χ1n) is 8.84. The summed E-state index contributed by atoms with van der Waals surface area (Å²) in [6.45, 7) is 3.81. The van der Waals surface area contributed by atoms with Gasteiger partial charge in [-0.1, -0.05) is 19.8 Å². The van der Waals surface area contributed by atoms with Crippen LogP contribution in [0.15, 0.2) is 53.5 Å². The van der Waals surface area contributed by atoms with Crippen LogP contribution in [-0.4, -0.2) is 24.9 Å². The number of rotatable bonds is 8. The van der Waals surface area contributed by atoms with E-state index in [-0.39, 0.29) is 5.97 Å². The van der Waals surface area contributed by atoms with Crippen LogP contribution in [0.25, 0.3) is 0 Å². The Morgan fingerprint density at radius 3 is 2.19 bits per heavy atom. The Morgan fingerprint density at radius 2 is 1.56 bits per heavy atom. The number of hydrogen-bond donors (Lipinski definition) is 0. The highest BCUT2D eigenvalue weighted by Gasteiger charge is 2.05. The molecular weight excluding hydrogens is 346 g/mol. The number of hydrogen-bond acceptors (Lipinski definition) is 6. The lowest BCUT2D eigenvalue weighted by atomic mass is 10.2. The molecule has 0 radical (unpaired) electrons. The molecule has 2 rings (SSSR count). The Kier molecular flexibility index (Phi) is 8.03. The molecule has 6 heteroatoms. The molecule has 0 bridgehead atoms. The number of ether oxygens (including phenoxy) is 3. The van der Waals surface area contributed by atoms with Gasteiger partial charge in [-0.05, 0) is 60.5 Å². The Morgan fingerprint density at radius 1 is 0.926 bits per heavy atom. The zero-order valence-electron chi connectivity index (χ0n) is 15.5. The number of nitrogens with zero attached hydrogens (tertiary/aromatic N) is 1. The van der Waals surface area contributed by atoms with Crippen molar-refractivity contribution in [3.8, 4) is 11.5 Å². The molecule has 0 spiro atoms. The highest BCUT2D eigenvalue weighted by molar-refractivity contribution is 5.82. The van der Waals surface area contributed by atoms with Crippen LogP contribution >= 0.6 is 0 Å². The number of benzene rings is 2. The maximum absolute atomic E-state index is 11.6. The van der Waals surface area contributed by atoms with Gasteiger partial charge in [0.1, 0.15) is 11.5 Å². The first-order chi connectivity index (χ1) is 13.1. The van der Waals surface area contributed by atoms with E-state index in [0.717, 1.165) is 24.8 Å². The van der Waals surface area contributed by atoms with Gasteiger partial charge in [-0.15, -0.1) is 0 Å². The number of aliphatic imine (C=N–C) groups is 1. The molecule has 0 aliphatic carbocycles. The van der Waals surface area contributed by atoms with Gasteiger partial charge < -0.3 is 14.2 Å². The summed E-state index contributed by atoms with van der Waals surface area (Å²) in [6, 6.07) is 13.8. The van der Waals surface area contributed by atoms with E-state index in [4.69, 9.17) is 14.2 Å². The Labute approximate surface area is 158 Å². The molecule has 0 saturated heterocycles. The summed E-state index contributed by atoms with van der Waals surface area (Å²) < 4.78 is 15.1. The molecule has 0 heterocycles. The summed E-state index contributed by atoms with van der Waals surface area (Å²) >= 11 is 0. The van der Waals surface area contributed by atoms with Crippen molar-refractivity contribution >= 4 is 24.0 Å². The smallest absolute Gasteiger partial charge is 0.434 e. The third-order valence-corrected chi connectivity index (χ3v) is 3.51. The average molecular weight is 369 g/mol. The van der Waals surface area contributed by atoms with Gasteiger partial charge in [0, 0.05) is 13.1 Å². The molecule has 0 atom stereocenters. The molecular formula is C21H23NO5. The van der Waals surface area contributed by atoms with E-state index >= 15 is 0 Å². The zero-order valence-corrected chi connectivity index (χ0v) is 15.5. The summed E-state index contributed by atoms with van der Waals surface area (Å²) in [5, 5.41) is 0. The van der Waals surface area contributed by atoms with E-state index in [9.17, 15) is 9.59 Å². The second-order valence-corrected chi connectivity index (χ2v) is 5.82. The summed E-state index contributed by atoms with van der Waals surface area (Å²) in [5.41, 5.74) is 1.57. The predicted molar refractivity (Wildman–Crippen MR) is 103 cm³/mol. The third-order valence-electron chi connectivity index (χ3n) is 3.51. The fourth-order valence-electron chi connectivity index (χ4n) is 2.17. The van der Waals surface area contributed by atoms with E-state index < -0.39 is 6.16 Å². The topological polar surface area (TPSA) is 74.2 Å². The van der Waals surface area contributed by atoms with Gasteiger partial charge >= 0.3 is 12.1 Å². The Hall–Kier alpha value is -3.15. The number of carbonyl (C=O) groups excluding carboxylic acids is 2. The van der Waals surface area contributed by atoms with Gasteiger partial charge in [0.2, 0.25) is 0 Å². The van der Waals surface area contributed by atoms with Crippen LogP contribution in [0.3, 0.4) is 0 Å². The van der Waals surface area contributed by atoms with Gasteiger partial charge in [0.05, 0.1) is 12.3 Å². The SMILES string of the molecule is CCCCCOC(=O)Oc1ccc(N=Cc2ccc(OC(C)=O)cc2)cc1. The van der Waals surface area contributed by atoms with Crippen molar-refractivity contribution in [1.82, 2.24) is 0 Å². The minimum Gasteiger partial charge on any atom is -0.434 e. The van der Waals surface area contributed by atoms with Crippen LogP contribution < -0.4 is 9.47 Å². The molecule has 0 aliphatic heterocycles. The van der Waals surface area contributed by atoms with E-state index in [0.29, 0.717) is 23.8 Å². The molecule has 0 aliphatic rings. The lowest BCUT2D eigenvalue weighted by Gasteiger charge is -2.05. The molecule has 0 amide bonds. The van der Waals surface area contributed by atoms with Crippen molar-refractivity contribution in [2.75, 3.05) is 6.61 Å². The van der Waals surface area contributed by atoms with E-state index in [2.05, 4.69) is 11.9 Å². The fourth-order valence-corrected chi connectivity index (χ4v) is 2.17. The molecule has 0 aromatic heterocycles. The second-order valence-electron chi connectivity index (χ2n) is 5.82. The van der Waals surface area contributed by atoms with E-state index in [1.54, 1.807) is 54.7 Å². The summed E-state index contributed by atoms with van der Waals surface area (Å²) in [7, 11) is 0. The van der Waals surface area contributed by atoms with E-state index in [1.165, 1.54) is 6.92 Å². The second kappa shape index (κ2) is 10.8. The maximum atomic E-state index is 11.6. The highest BCUT2D eigenvalue weighted by atomic mass is 16.7. The summed E-state index contributed by atoms with van der Waals surface area (Å²) in [5.74, 6) is 0.534. The lowest BCUT2D eigenvalue weighted by Crippen LogP contribution is -2.11. The van der Waals surface area contributed by atoms with E-state index in [1.807, 2.05) is 0 Å². The Bertz CT molecular complexity index is 766. The molecule has 0 saturated carbocycles. The standard InChI is InChI=1S/C21H23NO5/c1-3-4-5-14-25-21(24)27-20-12-8-18(9-13-20)22-15-17-6-10-19(11-7-17)26-16(2)23/h6-13,15H,3-5,14H2,1-2H3. The lowest BCUT2D eigenvalue weighted by molar-refractivity contribution is -0.131. The van der Waals surface area contributed by atoms with Crippen molar-refractivity contribution in [2.45, 2.75) is 33.1 Å². The zero-order chi connectivity index (χ0) is 19.5. The molecule has 142 valence electrons. The van der Waals surface area contributed by atoms with Crippen molar-refractivity contribution in [3.05, 3.63) is 54.1 Å². The molecule has 0 N–H and O–H groups in total. The average Bonchev–Trinajstić information content (AvgIpc) is 2.65. The van der Waals surface area contributed by atoms with Crippen LogP contribution in [0, 0.1) is 0 Å². The van der Waals surface area contributed by atoms with Gasteiger partial charge in [-0.2, -0.15) is 0 Å². The first-order valence-corrected chi connectivity index (χ1v) is 8.84. The van der Waals surface area contributed by atoms with Crippen molar-refractivity contribution < 1.29 is 23.8 Å². The highest BCUT2D eigenvalue weighted by Crippen LogP contribution is 2.19. The van der Waals surface area contributed by atoms with Gasteiger partial charge in [-0.3, -0.25) is 9.79 Å². The largest absolute Gasteiger partial charge is 0.513 e.